The molecule has 0 amide bonds. The Hall–Kier alpha value is -1.47. The minimum absolute atomic E-state index is 0. The summed E-state index contributed by atoms with van der Waals surface area (Å²) in [6, 6.07) is 8.19. The van der Waals surface area contributed by atoms with Crippen LogP contribution in [0.1, 0.15) is 35.7 Å². The molecule has 1 aromatic heterocycles. The largest absolute Gasteiger partial charge is 0.390 e. The molecular formula is C17H23ClN4O2. The van der Waals surface area contributed by atoms with Crippen molar-refractivity contribution in [3.05, 3.63) is 47.3 Å². The number of hydrogen-bond acceptors (Lipinski definition) is 5. The highest BCUT2D eigenvalue weighted by atomic mass is 35.5. The first kappa shape index (κ1) is 17.4. The number of fused-ring (bicyclic) bond motifs is 2. The SMILES string of the molecule is COCc1cn([C@@H]2c3ccccc3C3(CCNCC3)[C@H]2O)nn1.Cl. The van der Waals surface area contributed by atoms with Crippen LogP contribution in [-0.4, -0.2) is 46.4 Å². The predicted octanol–water partition coefficient (Wildman–Crippen LogP) is 1.43. The molecule has 2 aromatic rings. The summed E-state index contributed by atoms with van der Waals surface area (Å²) in [4.78, 5) is 0. The van der Waals surface area contributed by atoms with Gasteiger partial charge in [0.05, 0.1) is 18.9 Å². The number of rotatable bonds is 3. The van der Waals surface area contributed by atoms with Gasteiger partial charge in [-0.05, 0) is 37.1 Å². The highest BCUT2D eigenvalue weighted by Gasteiger charge is 2.52. The van der Waals surface area contributed by atoms with Crippen LogP contribution >= 0.6 is 12.4 Å². The molecule has 0 radical (unpaired) electrons. The van der Waals surface area contributed by atoms with E-state index in [1.165, 1.54) is 5.56 Å². The van der Waals surface area contributed by atoms with Gasteiger partial charge in [-0.25, -0.2) is 4.68 Å². The normalized spacial score (nSPS) is 24.6. The monoisotopic (exact) mass is 350 g/mol. The Kier molecular flexibility index (Phi) is 4.92. The average molecular weight is 351 g/mol. The van der Waals surface area contributed by atoms with Crippen LogP contribution in [0.15, 0.2) is 30.5 Å². The maximum atomic E-state index is 11.2. The lowest BCUT2D eigenvalue weighted by Crippen LogP contribution is -2.47. The maximum absolute atomic E-state index is 11.2. The zero-order valence-electron chi connectivity index (χ0n) is 13.7. The van der Waals surface area contributed by atoms with Gasteiger partial charge < -0.3 is 15.2 Å². The topological polar surface area (TPSA) is 72.2 Å². The summed E-state index contributed by atoms with van der Waals surface area (Å²) in [6.07, 6.45) is 3.29. The molecule has 1 saturated heterocycles. The Bertz CT molecular complexity index is 699. The summed E-state index contributed by atoms with van der Waals surface area (Å²) in [7, 11) is 1.64. The van der Waals surface area contributed by atoms with Gasteiger partial charge in [0.1, 0.15) is 11.7 Å². The van der Waals surface area contributed by atoms with Crippen LogP contribution in [0.2, 0.25) is 0 Å². The van der Waals surface area contributed by atoms with Crippen LogP contribution in [0, 0.1) is 0 Å². The molecule has 1 aliphatic carbocycles. The van der Waals surface area contributed by atoms with Gasteiger partial charge in [-0.2, -0.15) is 0 Å². The summed E-state index contributed by atoms with van der Waals surface area (Å²) in [6.45, 7) is 2.30. The number of nitrogens with one attached hydrogen (secondary N) is 1. The second-order valence-corrected chi connectivity index (χ2v) is 6.51. The lowest BCUT2D eigenvalue weighted by atomic mass is 9.72. The van der Waals surface area contributed by atoms with E-state index in [1.807, 2.05) is 12.3 Å². The third-order valence-electron chi connectivity index (χ3n) is 5.31. The zero-order valence-corrected chi connectivity index (χ0v) is 14.5. The summed E-state index contributed by atoms with van der Waals surface area (Å²) in [5.74, 6) is 0. The Morgan fingerprint density at radius 1 is 1.33 bits per heavy atom. The second-order valence-electron chi connectivity index (χ2n) is 6.51. The first-order valence-corrected chi connectivity index (χ1v) is 8.14. The molecule has 1 spiro atoms. The number of aliphatic hydroxyl groups is 1. The van der Waals surface area contributed by atoms with E-state index in [0.717, 1.165) is 37.2 Å². The molecule has 24 heavy (non-hydrogen) atoms. The van der Waals surface area contributed by atoms with E-state index in [-0.39, 0.29) is 23.9 Å². The van der Waals surface area contributed by atoms with Crippen molar-refractivity contribution in [2.75, 3.05) is 20.2 Å². The van der Waals surface area contributed by atoms with Crippen molar-refractivity contribution < 1.29 is 9.84 Å². The fraction of sp³-hybridized carbons (Fsp3) is 0.529. The number of halogens is 1. The molecule has 0 bridgehead atoms. The fourth-order valence-electron chi connectivity index (χ4n) is 4.23. The van der Waals surface area contributed by atoms with E-state index < -0.39 is 6.10 Å². The molecule has 2 aliphatic rings. The van der Waals surface area contributed by atoms with Gasteiger partial charge >= 0.3 is 0 Å². The van der Waals surface area contributed by atoms with E-state index in [2.05, 4.69) is 33.8 Å². The van der Waals surface area contributed by atoms with Crippen LogP contribution in [0.4, 0.5) is 0 Å². The van der Waals surface area contributed by atoms with Crippen LogP contribution < -0.4 is 5.32 Å². The van der Waals surface area contributed by atoms with Crippen molar-refractivity contribution in [1.82, 2.24) is 20.3 Å². The Morgan fingerprint density at radius 2 is 2.08 bits per heavy atom. The van der Waals surface area contributed by atoms with Crippen molar-refractivity contribution in [2.24, 2.45) is 0 Å². The van der Waals surface area contributed by atoms with Crippen molar-refractivity contribution >= 4 is 12.4 Å². The van der Waals surface area contributed by atoms with Gasteiger partial charge in [-0.3, -0.25) is 0 Å². The van der Waals surface area contributed by atoms with Gasteiger partial charge in [0, 0.05) is 12.5 Å². The smallest absolute Gasteiger partial charge is 0.108 e. The van der Waals surface area contributed by atoms with Crippen molar-refractivity contribution in [2.45, 2.75) is 37.0 Å². The first-order valence-electron chi connectivity index (χ1n) is 8.14. The van der Waals surface area contributed by atoms with Gasteiger partial charge in [-0.1, -0.05) is 29.5 Å². The molecule has 4 rings (SSSR count). The number of nitrogens with zero attached hydrogens (tertiary/aromatic N) is 3. The second kappa shape index (κ2) is 6.80. The standard InChI is InChI=1S/C17H22N4O2.ClH/c1-23-11-12-10-21(20-19-12)15-13-4-2-3-5-14(13)17(16(15)22)6-8-18-9-7-17;/h2-5,10,15-16,18,22H,6-9,11H2,1H3;1H/t15-,16+;/m1./s1. The van der Waals surface area contributed by atoms with E-state index in [4.69, 9.17) is 4.74 Å². The van der Waals surface area contributed by atoms with Crippen LogP contribution in [0.5, 0.6) is 0 Å². The van der Waals surface area contributed by atoms with Crippen molar-refractivity contribution in [3.63, 3.8) is 0 Å². The Labute approximate surface area is 147 Å². The summed E-state index contributed by atoms with van der Waals surface area (Å²) >= 11 is 0. The van der Waals surface area contributed by atoms with E-state index >= 15 is 0 Å². The van der Waals surface area contributed by atoms with Gasteiger partial charge in [0.25, 0.3) is 0 Å². The molecule has 1 aromatic carbocycles. The molecule has 1 aliphatic heterocycles. The molecule has 0 saturated carbocycles. The molecule has 2 heterocycles. The molecule has 1 fully saturated rings. The quantitative estimate of drug-likeness (QED) is 0.876. The van der Waals surface area contributed by atoms with E-state index in [9.17, 15) is 5.11 Å². The molecule has 2 atom stereocenters. The molecule has 2 N–H and O–H groups in total. The Morgan fingerprint density at radius 3 is 2.83 bits per heavy atom. The number of benzene rings is 1. The highest BCUT2D eigenvalue weighted by Crippen LogP contribution is 2.51. The summed E-state index contributed by atoms with van der Waals surface area (Å²) < 4.78 is 6.92. The van der Waals surface area contributed by atoms with Crippen molar-refractivity contribution in [1.29, 1.82) is 0 Å². The van der Waals surface area contributed by atoms with Gasteiger partial charge in [0.2, 0.25) is 0 Å². The number of methoxy groups -OCH3 is 1. The number of piperidine rings is 1. The molecule has 6 nitrogen and oxygen atoms in total. The predicted molar refractivity (Wildman–Crippen MR) is 92.4 cm³/mol. The third kappa shape index (κ3) is 2.54. The summed E-state index contributed by atoms with van der Waals surface area (Å²) in [5, 5.41) is 23.0. The highest BCUT2D eigenvalue weighted by molar-refractivity contribution is 5.85. The zero-order chi connectivity index (χ0) is 15.9. The Balaban J connectivity index is 0.00000169. The van der Waals surface area contributed by atoms with Gasteiger partial charge in [-0.15, -0.1) is 17.5 Å². The lowest BCUT2D eigenvalue weighted by molar-refractivity contribution is 0.0421. The molecule has 0 unspecified atom stereocenters. The molecule has 130 valence electrons. The van der Waals surface area contributed by atoms with E-state index in [0.29, 0.717) is 6.61 Å². The third-order valence-corrected chi connectivity index (χ3v) is 5.31. The van der Waals surface area contributed by atoms with Crippen LogP contribution in [-0.2, 0) is 16.8 Å². The van der Waals surface area contributed by atoms with Crippen LogP contribution in [0.3, 0.4) is 0 Å². The minimum atomic E-state index is -0.487. The van der Waals surface area contributed by atoms with Gasteiger partial charge in [0.15, 0.2) is 0 Å². The molecule has 7 heteroatoms. The molecular weight excluding hydrogens is 328 g/mol. The number of hydrogen-bond donors (Lipinski definition) is 2. The van der Waals surface area contributed by atoms with Crippen LogP contribution in [0.25, 0.3) is 0 Å². The van der Waals surface area contributed by atoms with Crippen molar-refractivity contribution in [3.8, 4) is 0 Å². The number of aliphatic hydroxyl groups excluding tert-OH is 1. The number of aromatic nitrogens is 3. The fourth-order valence-corrected chi connectivity index (χ4v) is 4.23. The minimum Gasteiger partial charge on any atom is -0.390 e. The number of ether oxygens (including phenoxy) is 1. The average Bonchev–Trinajstić information content (AvgIpc) is 3.12. The first-order chi connectivity index (χ1) is 11.3. The van der Waals surface area contributed by atoms with E-state index in [1.54, 1.807) is 11.8 Å². The maximum Gasteiger partial charge on any atom is 0.108 e. The lowest BCUT2D eigenvalue weighted by Gasteiger charge is -2.38. The summed E-state index contributed by atoms with van der Waals surface area (Å²) in [5.41, 5.74) is 3.03.